The lowest BCUT2D eigenvalue weighted by Crippen LogP contribution is -2.31. The number of hydrogen-bond acceptors (Lipinski definition) is 3. The summed E-state index contributed by atoms with van der Waals surface area (Å²) in [5, 5.41) is 3.08. The fraction of sp³-hybridized carbons (Fsp3) is 0.500. The van der Waals surface area contributed by atoms with Crippen molar-refractivity contribution in [2.45, 2.75) is 30.2 Å². The van der Waals surface area contributed by atoms with E-state index in [0.29, 0.717) is 12.5 Å². The lowest BCUT2D eigenvalue weighted by Gasteiger charge is -2.11. The molecule has 0 saturated carbocycles. The first-order chi connectivity index (χ1) is 9.00. The van der Waals surface area contributed by atoms with Gasteiger partial charge < -0.3 is 5.32 Å². The normalized spacial score (nSPS) is 19.8. The van der Waals surface area contributed by atoms with Gasteiger partial charge in [-0.1, -0.05) is 17.7 Å². The van der Waals surface area contributed by atoms with Crippen molar-refractivity contribution < 1.29 is 12.8 Å². The first-order valence-corrected chi connectivity index (χ1v) is 8.04. The Morgan fingerprint density at radius 1 is 1.47 bits per heavy atom. The zero-order chi connectivity index (χ0) is 13.9. The van der Waals surface area contributed by atoms with Crippen LogP contribution in [0.1, 0.15) is 19.3 Å². The van der Waals surface area contributed by atoms with E-state index in [2.05, 4.69) is 10.0 Å². The van der Waals surface area contributed by atoms with E-state index in [0.717, 1.165) is 19.4 Å². The number of halogens is 2. The monoisotopic (exact) mass is 306 g/mol. The van der Waals surface area contributed by atoms with Crippen molar-refractivity contribution in [2.24, 2.45) is 0 Å². The van der Waals surface area contributed by atoms with Crippen LogP contribution in [0.25, 0.3) is 0 Å². The van der Waals surface area contributed by atoms with Crippen LogP contribution in [0.15, 0.2) is 23.1 Å². The largest absolute Gasteiger partial charge is 0.314 e. The first kappa shape index (κ1) is 14.7. The summed E-state index contributed by atoms with van der Waals surface area (Å²) in [6.07, 6.45) is 2.86. The number of rotatable bonds is 5. The zero-order valence-corrected chi connectivity index (χ0v) is 11.9. The van der Waals surface area contributed by atoms with Crippen molar-refractivity contribution in [3.63, 3.8) is 0 Å². The molecule has 1 aromatic rings. The highest BCUT2D eigenvalue weighted by molar-refractivity contribution is 7.89. The first-order valence-electron chi connectivity index (χ1n) is 6.18. The molecule has 0 unspecified atom stereocenters. The summed E-state index contributed by atoms with van der Waals surface area (Å²) in [7, 11) is -3.84. The van der Waals surface area contributed by atoms with Gasteiger partial charge in [-0.3, -0.25) is 0 Å². The highest BCUT2D eigenvalue weighted by Crippen LogP contribution is 2.21. The topological polar surface area (TPSA) is 58.2 Å². The minimum absolute atomic E-state index is 0.194. The van der Waals surface area contributed by atoms with Gasteiger partial charge in [0.25, 0.3) is 0 Å². The molecule has 1 heterocycles. The van der Waals surface area contributed by atoms with Crippen molar-refractivity contribution in [1.82, 2.24) is 10.0 Å². The zero-order valence-electron chi connectivity index (χ0n) is 10.3. The van der Waals surface area contributed by atoms with Crippen molar-refractivity contribution in [3.05, 3.63) is 29.0 Å². The standard InChI is InChI=1S/C12H16ClFN2O2S/c13-10-4-1-5-11(12(10)14)19(17,18)16-8-6-9-3-2-7-15-9/h1,4-5,9,15-16H,2-3,6-8H2/t9-/m0/s1. The minimum Gasteiger partial charge on any atom is -0.314 e. The Balaban J connectivity index is 1.99. The molecule has 4 nitrogen and oxygen atoms in total. The number of hydrogen-bond donors (Lipinski definition) is 2. The van der Waals surface area contributed by atoms with Crippen LogP contribution in [0, 0.1) is 5.82 Å². The Morgan fingerprint density at radius 2 is 2.26 bits per heavy atom. The number of benzene rings is 1. The molecule has 0 bridgehead atoms. The van der Waals surface area contributed by atoms with Crippen molar-refractivity contribution >= 4 is 21.6 Å². The Kier molecular flexibility index (Phi) is 4.78. The molecule has 1 aromatic carbocycles. The summed E-state index contributed by atoms with van der Waals surface area (Å²) in [4.78, 5) is -0.403. The summed E-state index contributed by atoms with van der Waals surface area (Å²) in [5.41, 5.74) is 0. The second-order valence-electron chi connectivity index (χ2n) is 4.53. The van der Waals surface area contributed by atoms with Crippen LogP contribution in [0.3, 0.4) is 0 Å². The second-order valence-corrected chi connectivity index (χ2v) is 6.67. The fourth-order valence-corrected chi connectivity index (χ4v) is 3.52. The Hall–Kier alpha value is -0.690. The van der Waals surface area contributed by atoms with E-state index in [1.165, 1.54) is 18.2 Å². The van der Waals surface area contributed by atoms with Crippen molar-refractivity contribution in [1.29, 1.82) is 0 Å². The third-order valence-corrected chi connectivity index (χ3v) is 4.92. The molecule has 19 heavy (non-hydrogen) atoms. The quantitative estimate of drug-likeness (QED) is 0.873. The molecule has 2 N–H and O–H groups in total. The van der Waals surface area contributed by atoms with Gasteiger partial charge in [-0.25, -0.2) is 17.5 Å². The lowest BCUT2D eigenvalue weighted by atomic mass is 10.2. The number of nitrogens with one attached hydrogen (secondary N) is 2. The molecule has 1 aliphatic rings. The summed E-state index contributed by atoms with van der Waals surface area (Å²) in [6, 6.07) is 4.28. The Morgan fingerprint density at radius 3 is 2.95 bits per heavy atom. The fourth-order valence-electron chi connectivity index (χ4n) is 2.14. The summed E-state index contributed by atoms with van der Waals surface area (Å²) in [6.45, 7) is 1.26. The van der Waals surface area contributed by atoms with Gasteiger partial charge in [-0.15, -0.1) is 0 Å². The Labute approximate surface area is 117 Å². The predicted molar refractivity (Wildman–Crippen MR) is 72.2 cm³/mol. The molecular weight excluding hydrogens is 291 g/mol. The molecule has 1 aliphatic heterocycles. The maximum atomic E-state index is 13.7. The maximum absolute atomic E-state index is 13.7. The number of sulfonamides is 1. The van der Waals surface area contributed by atoms with E-state index in [-0.39, 0.29) is 11.6 Å². The van der Waals surface area contributed by atoms with Gasteiger partial charge in [0.15, 0.2) is 5.82 Å². The van der Waals surface area contributed by atoms with Crippen molar-refractivity contribution in [2.75, 3.05) is 13.1 Å². The molecule has 2 rings (SSSR count). The van der Waals surface area contributed by atoms with Gasteiger partial charge in [-0.2, -0.15) is 0 Å². The van der Waals surface area contributed by atoms with E-state index in [1.807, 2.05) is 0 Å². The van der Waals surface area contributed by atoms with E-state index in [4.69, 9.17) is 11.6 Å². The maximum Gasteiger partial charge on any atom is 0.243 e. The van der Waals surface area contributed by atoms with Crippen LogP contribution in [-0.4, -0.2) is 27.5 Å². The lowest BCUT2D eigenvalue weighted by molar-refractivity contribution is 0.532. The molecule has 0 aromatic heterocycles. The van der Waals surface area contributed by atoms with Gasteiger partial charge in [0, 0.05) is 12.6 Å². The van der Waals surface area contributed by atoms with E-state index in [1.54, 1.807) is 0 Å². The predicted octanol–water partition coefficient (Wildman–Crippen LogP) is 1.90. The van der Waals surface area contributed by atoms with Crippen LogP contribution in [0.5, 0.6) is 0 Å². The second kappa shape index (κ2) is 6.17. The third kappa shape index (κ3) is 3.66. The van der Waals surface area contributed by atoms with Gasteiger partial charge in [0.05, 0.1) is 5.02 Å². The SMILES string of the molecule is O=S(=O)(NCC[C@@H]1CCCN1)c1cccc(Cl)c1F. The van der Waals surface area contributed by atoms with Crippen LogP contribution in [0.2, 0.25) is 5.02 Å². The third-order valence-electron chi connectivity index (χ3n) is 3.15. The van der Waals surface area contributed by atoms with Gasteiger partial charge in [0.2, 0.25) is 10.0 Å². The Bertz CT molecular complexity index is 545. The molecule has 0 radical (unpaired) electrons. The molecule has 0 amide bonds. The van der Waals surface area contributed by atoms with E-state index < -0.39 is 20.7 Å². The van der Waals surface area contributed by atoms with Crippen molar-refractivity contribution in [3.8, 4) is 0 Å². The highest BCUT2D eigenvalue weighted by atomic mass is 35.5. The molecule has 106 valence electrons. The van der Waals surface area contributed by atoms with Crippen LogP contribution in [-0.2, 0) is 10.0 Å². The average molecular weight is 307 g/mol. The van der Waals surface area contributed by atoms with Crippen LogP contribution < -0.4 is 10.0 Å². The van der Waals surface area contributed by atoms with Crippen LogP contribution >= 0.6 is 11.6 Å². The van der Waals surface area contributed by atoms with Gasteiger partial charge in [0.1, 0.15) is 4.90 Å². The molecule has 0 spiro atoms. The molecule has 0 aliphatic carbocycles. The molecule has 1 atom stereocenters. The van der Waals surface area contributed by atoms with Gasteiger partial charge in [-0.05, 0) is 37.9 Å². The minimum atomic E-state index is -3.84. The summed E-state index contributed by atoms with van der Waals surface area (Å²) >= 11 is 5.58. The average Bonchev–Trinajstić information content (AvgIpc) is 2.85. The molecular formula is C12H16ClFN2O2S. The van der Waals surface area contributed by atoms with E-state index >= 15 is 0 Å². The smallest absolute Gasteiger partial charge is 0.243 e. The highest BCUT2D eigenvalue weighted by Gasteiger charge is 2.21. The van der Waals surface area contributed by atoms with Crippen LogP contribution in [0.4, 0.5) is 4.39 Å². The molecule has 7 heteroatoms. The summed E-state index contributed by atoms with van der Waals surface area (Å²) in [5.74, 6) is -0.907. The van der Waals surface area contributed by atoms with Gasteiger partial charge >= 0.3 is 0 Å². The summed E-state index contributed by atoms with van der Waals surface area (Å²) < 4.78 is 40.0. The molecule has 1 fully saturated rings. The molecule has 1 saturated heterocycles. The van der Waals surface area contributed by atoms with E-state index in [9.17, 15) is 12.8 Å².